The second-order valence-corrected chi connectivity index (χ2v) is 2.88. The summed E-state index contributed by atoms with van der Waals surface area (Å²) >= 11 is 0. The average Bonchev–Trinajstić information content (AvgIpc) is 2.51. The second kappa shape index (κ2) is 3.45. The van der Waals surface area contributed by atoms with E-state index in [1.54, 1.807) is 0 Å². The van der Waals surface area contributed by atoms with Crippen molar-refractivity contribution in [2.24, 2.45) is 0 Å². The molecule has 0 atom stereocenters. The van der Waals surface area contributed by atoms with E-state index in [2.05, 4.69) is 5.32 Å². The van der Waals surface area contributed by atoms with Crippen LogP contribution < -0.4 is 10.6 Å². The Labute approximate surface area is 88.2 Å². The first-order valence-electron chi connectivity index (χ1n) is 5.11. The molecule has 0 unspecified atom stereocenters. The monoisotopic (exact) mass is 208 g/mol. The van der Waals surface area contributed by atoms with E-state index in [1.165, 1.54) is 6.08 Å². The van der Waals surface area contributed by atoms with Crippen molar-refractivity contribution in [1.29, 1.82) is 0 Å². The van der Waals surface area contributed by atoms with E-state index in [9.17, 15) is 9.59 Å². The highest BCUT2D eigenvalue weighted by Gasteiger charge is 2.22. The van der Waals surface area contributed by atoms with Gasteiger partial charge in [-0.05, 0) is 23.8 Å². The fourth-order valence-electron chi connectivity index (χ4n) is 1.10. The molecule has 5 nitrogen and oxygen atoms in total. The zero-order valence-electron chi connectivity index (χ0n) is 9.50. The highest BCUT2D eigenvalue weighted by atomic mass is 16.3. The number of hydrogen-bond acceptors (Lipinski definition) is 3. The minimum Gasteiger partial charge on any atom is -0.508 e. The number of carbonyl (C=O) groups excluding carboxylic acids is 2. The maximum absolute atomic E-state index is 11.2. The largest absolute Gasteiger partial charge is 0.508 e. The van der Waals surface area contributed by atoms with Crippen LogP contribution in [0.4, 0.5) is 4.79 Å². The Balaban J connectivity index is 2.46. The fourth-order valence-corrected chi connectivity index (χ4v) is 1.10. The molecule has 1 heterocycles. The number of nitrogens with one attached hydrogen (secondary N) is 2. The molecular weight excluding hydrogens is 198 g/mol. The number of benzene rings is 1. The van der Waals surface area contributed by atoms with Gasteiger partial charge < -0.3 is 10.4 Å². The van der Waals surface area contributed by atoms with Crippen LogP contribution in [0.3, 0.4) is 0 Å². The molecule has 3 amide bonds. The van der Waals surface area contributed by atoms with E-state index in [4.69, 9.17) is 7.85 Å². The Morgan fingerprint density at radius 1 is 1.27 bits per heavy atom. The number of carbonyl (C=O) groups is 2. The fraction of sp³-hybridized carbons (Fsp3) is 0. The molecule has 1 fully saturated rings. The summed E-state index contributed by atoms with van der Waals surface area (Å²) in [5, 5.41) is 13.4. The molecular formula is C10H8N2O3. The third kappa shape index (κ3) is 1.96. The lowest BCUT2D eigenvalue weighted by atomic mass is 10.2. The van der Waals surface area contributed by atoms with Crippen molar-refractivity contribution in [2.75, 3.05) is 0 Å². The summed E-state index contributed by atoms with van der Waals surface area (Å²) in [6, 6.07) is 1.46. The van der Waals surface area contributed by atoms with Crippen LogP contribution in [0.15, 0.2) is 29.9 Å². The van der Waals surface area contributed by atoms with E-state index in [0.29, 0.717) is 0 Å². The number of imide groups is 1. The van der Waals surface area contributed by atoms with Crippen LogP contribution in [0.1, 0.15) is 8.30 Å². The van der Waals surface area contributed by atoms with Crippen LogP contribution in [-0.4, -0.2) is 17.0 Å². The summed E-state index contributed by atoms with van der Waals surface area (Å²) in [7, 11) is 0. The number of rotatable bonds is 1. The third-order valence-corrected chi connectivity index (χ3v) is 1.76. The Hall–Kier alpha value is -2.30. The van der Waals surface area contributed by atoms with Crippen molar-refractivity contribution in [3.05, 3.63) is 35.5 Å². The van der Waals surface area contributed by atoms with Gasteiger partial charge in [-0.2, -0.15) is 0 Å². The maximum Gasteiger partial charge on any atom is 0.326 e. The molecule has 1 aromatic rings. The molecule has 1 aromatic carbocycles. The van der Waals surface area contributed by atoms with E-state index in [1.807, 2.05) is 5.32 Å². The summed E-state index contributed by atoms with van der Waals surface area (Å²) in [5.74, 6) is -0.802. The molecule has 5 heteroatoms. The van der Waals surface area contributed by atoms with Gasteiger partial charge in [-0.15, -0.1) is 0 Å². The maximum atomic E-state index is 11.2. The van der Waals surface area contributed by atoms with Gasteiger partial charge in [0.25, 0.3) is 5.91 Å². The summed E-state index contributed by atoms with van der Waals surface area (Å²) in [5.41, 5.74) is 0.123. The van der Waals surface area contributed by atoms with Crippen LogP contribution in [-0.2, 0) is 4.79 Å². The molecule has 0 aromatic heterocycles. The van der Waals surface area contributed by atoms with Gasteiger partial charge in [0.1, 0.15) is 11.4 Å². The van der Waals surface area contributed by atoms with Crippen LogP contribution in [0, 0.1) is 0 Å². The molecule has 0 spiro atoms. The molecule has 3 N–H and O–H groups in total. The van der Waals surface area contributed by atoms with Crippen LogP contribution in [0.5, 0.6) is 5.75 Å². The first-order valence-corrected chi connectivity index (χ1v) is 4.11. The number of amides is 3. The van der Waals surface area contributed by atoms with Crippen LogP contribution >= 0.6 is 0 Å². The van der Waals surface area contributed by atoms with E-state index in [0.717, 1.165) is 12.1 Å². The van der Waals surface area contributed by atoms with Gasteiger partial charge in [-0.25, -0.2) is 4.79 Å². The van der Waals surface area contributed by atoms with E-state index in [-0.39, 0.29) is 29.1 Å². The average molecular weight is 208 g/mol. The number of urea groups is 1. The molecule has 76 valence electrons. The van der Waals surface area contributed by atoms with Gasteiger partial charge in [0.2, 0.25) is 0 Å². The predicted molar refractivity (Wildman–Crippen MR) is 52.8 cm³/mol. The smallest absolute Gasteiger partial charge is 0.326 e. The standard InChI is InChI=1S/C10H8N2O3/c13-7-3-1-6(2-4-7)5-8-9(14)12-10(15)11-8/h1-5,13H,(H2,11,12,14,15)/b8-5-/i1D,2D,3+1,4+1. The Morgan fingerprint density at radius 3 is 2.47 bits per heavy atom. The second-order valence-electron chi connectivity index (χ2n) is 2.88. The Bertz CT molecular complexity index is 531. The lowest BCUT2D eigenvalue weighted by Gasteiger charge is -1.96. The highest BCUT2D eigenvalue weighted by Crippen LogP contribution is 2.12. The quantitative estimate of drug-likeness (QED) is 0.466. The van der Waals surface area contributed by atoms with Gasteiger partial charge in [0, 0.05) is 0 Å². The predicted octanol–water partition coefficient (Wildman–Crippen LogP) is 0.573. The lowest BCUT2D eigenvalue weighted by molar-refractivity contribution is -0.115. The van der Waals surface area contributed by atoms with Crippen molar-refractivity contribution in [2.45, 2.75) is 0 Å². The number of phenols is 1. The van der Waals surface area contributed by atoms with Crippen molar-refractivity contribution in [1.82, 2.24) is 10.6 Å². The zero-order valence-corrected chi connectivity index (χ0v) is 7.50. The zero-order chi connectivity index (χ0) is 12.6. The van der Waals surface area contributed by atoms with Crippen molar-refractivity contribution < 1.29 is 17.4 Å². The summed E-state index contributed by atoms with van der Waals surface area (Å²) in [6.45, 7) is 0. The van der Waals surface area contributed by atoms with E-state index < -0.39 is 11.9 Å². The lowest BCUT2D eigenvalue weighted by Crippen LogP contribution is -2.22. The normalized spacial score (nSPS) is 19.6. The molecule has 1 aliphatic heterocycles. The van der Waals surface area contributed by atoms with Crippen molar-refractivity contribution in [3.63, 3.8) is 0 Å². The minimum absolute atomic E-state index is 0.0253. The van der Waals surface area contributed by atoms with Crippen molar-refractivity contribution >= 4 is 18.0 Å². The Morgan fingerprint density at radius 2 is 1.93 bits per heavy atom. The van der Waals surface area contributed by atoms with Crippen LogP contribution in [0.25, 0.3) is 6.08 Å². The molecule has 15 heavy (non-hydrogen) atoms. The molecule has 0 saturated carbocycles. The van der Waals surface area contributed by atoms with Gasteiger partial charge >= 0.3 is 6.03 Å². The highest BCUT2D eigenvalue weighted by molar-refractivity contribution is 6.13. The molecule has 1 aliphatic rings. The molecule has 0 aliphatic carbocycles. The molecule has 2 rings (SSSR count). The van der Waals surface area contributed by atoms with Gasteiger partial charge in [0.15, 0.2) is 0 Å². The molecule has 0 radical (unpaired) electrons. The SMILES string of the molecule is [2H]c1[13cH]c(O)[13cH]c([2H])c1/C=C1\NC(=O)NC1=O. The van der Waals surface area contributed by atoms with Gasteiger partial charge in [-0.3, -0.25) is 10.1 Å². The number of aromatic hydroxyl groups is 1. The summed E-state index contributed by atoms with van der Waals surface area (Å²) in [4.78, 5) is 22.1. The van der Waals surface area contributed by atoms with Gasteiger partial charge in [-0.1, -0.05) is 12.1 Å². The Kier molecular flexibility index (Phi) is 1.62. The van der Waals surface area contributed by atoms with Gasteiger partial charge in [0.05, 0.1) is 2.74 Å². The summed E-state index contributed by atoms with van der Waals surface area (Å²) < 4.78 is 15.1. The topological polar surface area (TPSA) is 78.4 Å². The minimum atomic E-state index is -0.641. The number of hydrogen-bond donors (Lipinski definition) is 3. The number of phenolic OH excluding ortho intramolecular Hbond substituents is 1. The van der Waals surface area contributed by atoms with E-state index >= 15 is 0 Å². The molecule has 1 saturated heterocycles. The molecule has 0 bridgehead atoms. The van der Waals surface area contributed by atoms with Crippen molar-refractivity contribution in [3.8, 4) is 5.75 Å². The first kappa shape index (κ1) is 7.05. The summed E-state index contributed by atoms with van der Waals surface area (Å²) in [6.07, 6.45) is 1.23. The first-order chi connectivity index (χ1) is 7.97. The van der Waals surface area contributed by atoms with Crippen LogP contribution in [0.2, 0.25) is 0 Å². The third-order valence-electron chi connectivity index (χ3n) is 1.76.